The molecule has 10 aromatic rings. The summed E-state index contributed by atoms with van der Waals surface area (Å²) in [4.78, 5) is 9.13. The summed E-state index contributed by atoms with van der Waals surface area (Å²) in [6.07, 6.45) is 5.79. The van der Waals surface area contributed by atoms with E-state index in [1.54, 1.807) is 6.20 Å². The molecule has 240 valence electrons. The van der Waals surface area contributed by atoms with Crippen LogP contribution < -0.4 is 0 Å². The molecule has 2 heterocycles. The molecular weight excluding hydrogens is 631 g/mol. The number of nitrogens with zero attached hydrogens (tertiary/aromatic N) is 3. The average molecular weight is 660 g/mol. The van der Waals surface area contributed by atoms with Crippen molar-refractivity contribution < 1.29 is 0 Å². The Labute approximate surface area is 300 Å². The standard InChI is InChI=1S/C49H29N3/c1-3-14-39-35(10-1)36-11-2-4-15-40(36)47-45(39)41-25-23-33-28-32(30-18-20-31(21-19-30)44-29-52-27-9-26-50-48(52)51-44)22-24-34(33)46(41)49(47)42-16-7-5-12-37(42)38-13-6-8-17-43(38)49/h1-29H. The van der Waals surface area contributed by atoms with Crippen molar-refractivity contribution in [1.29, 1.82) is 0 Å². The lowest BCUT2D eigenvalue weighted by Gasteiger charge is -2.32. The molecule has 12 rings (SSSR count). The van der Waals surface area contributed by atoms with E-state index in [-0.39, 0.29) is 0 Å². The predicted octanol–water partition coefficient (Wildman–Crippen LogP) is 11.9. The quantitative estimate of drug-likeness (QED) is 0.173. The molecule has 2 aromatic heterocycles. The summed E-state index contributed by atoms with van der Waals surface area (Å²) in [7, 11) is 0. The van der Waals surface area contributed by atoms with E-state index < -0.39 is 5.41 Å². The van der Waals surface area contributed by atoms with Crippen LogP contribution >= 0.6 is 0 Å². The molecule has 2 aliphatic rings. The third-order valence-corrected chi connectivity index (χ3v) is 11.7. The number of imidazole rings is 1. The van der Waals surface area contributed by atoms with E-state index in [0.29, 0.717) is 5.78 Å². The van der Waals surface area contributed by atoms with Gasteiger partial charge in [0.2, 0.25) is 5.78 Å². The second kappa shape index (κ2) is 10.1. The van der Waals surface area contributed by atoms with Gasteiger partial charge in [0.05, 0.1) is 11.1 Å². The SMILES string of the molecule is c1ccc2c(c1)-c1ccccc1C21c2c(ccc3cc(-c4ccc(-c5cn6cccnc6n5)cc4)ccc23)-c2c1c1ccccc1c1ccccc21. The first-order chi connectivity index (χ1) is 25.8. The molecule has 0 atom stereocenters. The van der Waals surface area contributed by atoms with Crippen molar-refractivity contribution in [3.63, 3.8) is 0 Å². The second-order valence-electron chi connectivity index (χ2n) is 14.1. The smallest absolute Gasteiger partial charge is 0.234 e. The molecule has 0 saturated heterocycles. The molecule has 8 aromatic carbocycles. The predicted molar refractivity (Wildman–Crippen MR) is 213 cm³/mol. The molecule has 0 bridgehead atoms. The summed E-state index contributed by atoms with van der Waals surface area (Å²) >= 11 is 0. The van der Waals surface area contributed by atoms with Crippen LogP contribution in [0.1, 0.15) is 22.3 Å². The number of fused-ring (bicyclic) bond motifs is 18. The van der Waals surface area contributed by atoms with Gasteiger partial charge in [0.25, 0.3) is 0 Å². The van der Waals surface area contributed by atoms with Crippen molar-refractivity contribution in [2.45, 2.75) is 5.41 Å². The van der Waals surface area contributed by atoms with Gasteiger partial charge in [0.1, 0.15) is 0 Å². The zero-order valence-electron chi connectivity index (χ0n) is 28.1. The van der Waals surface area contributed by atoms with E-state index in [1.807, 2.05) is 22.9 Å². The maximum atomic E-state index is 4.73. The first kappa shape index (κ1) is 27.9. The van der Waals surface area contributed by atoms with Crippen LogP contribution in [0.15, 0.2) is 176 Å². The highest BCUT2D eigenvalue weighted by molar-refractivity contribution is 6.21. The second-order valence-corrected chi connectivity index (χ2v) is 14.1. The van der Waals surface area contributed by atoms with Gasteiger partial charge in [-0.15, -0.1) is 0 Å². The molecule has 0 radical (unpaired) electrons. The van der Waals surface area contributed by atoms with E-state index >= 15 is 0 Å². The molecule has 0 fully saturated rings. The third kappa shape index (κ3) is 3.49. The molecule has 3 nitrogen and oxygen atoms in total. The monoisotopic (exact) mass is 659 g/mol. The summed E-state index contributed by atoms with van der Waals surface area (Å²) < 4.78 is 1.96. The maximum Gasteiger partial charge on any atom is 0.234 e. The van der Waals surface area contributed by atoms with Gasteiger partial charge in [-0.05, 0) is 100 Å². The highest BCUT2D eigenvalue weighted by atomic mass is 15.1. The Morgan fingerprint density at radius 3 is 1.85 bits per heavy atom. The van der Waals surface area contributed by atoms with Crippen LogP contribution in [-0.4, -0.2) is 14.4 Å². The van der Waals surface area contributed by atoms with Gasteiger partial charge in [0.15, 0.2) is 0 Å². The normalized spacial score (nSPS) is 13.5. The molecule has 0 saturated carbocycles. The highest BCUT2D eigenvalue weighted by Gasteiger charge is 2.53. The molecule has 0 unspecified atom stereocenters. The third-order valence-electron chi connectivity index (χ3n) is 11.7. The van der Waals surface area contributed by atoms with Crippen LogP contribution in [0, 0.1) is 0 Å². The van der Waals surface area contributed by atoms with Crippen molar-refractivity contribution in [2.24, 2.45) is 0 Å². The molecule has 0 aliphatic heterocycles. The van der Waals surface area contributed by atoms with E-state index in [2.05, 4.69) is 157 Å². The summed E-state index contributed by atoms with van der Waals surface area (Å²) in [6, 6.07) is 58.8. The fourth-order valence-electron chi connectivity index (χ4n) is 9.63. The van der Waals surface area contributed by atoms with Crippen molar-refractivity contribution in [3.8, 4) is 44.6 Å². The van der Waals surface area contributed by atoms with E-state index in [4.69, 9.17) is 4.98 Å². The molecule has 2 aliphatic carbocycles. The van der Waals surface area contributed by atoms with Crippen molar-refractivity contribution in [3.05, 3.63) is 199 Å². The fraction of sp³-hybridized carbons (Fsp3) is 0.0204. The molecular formula is C49H29N3. The zero-order valence-corrected chi connectivity index (χ0v) is 28.1. The Morgan fingerprint density at radius 2 is 1.10 bits per heavy atom. The largest absolute Gasteiger partial charge is 0.291 e. The first-order valence-corrected chi connectivity index (χ1v) is 17.9. The van der Waals surface area contributed by atoms with Crippen LogP contribution in [0.3, 0.4) is 0 Å². The van der Waals surface area contributed by atoms with Gasteiger partial charge in [-0.1, -0.05) is 146 Å². The summed E-state index contributed by atoms with van der Waals surface area (Å²) in [5.74, 6) is 0.706. The van der Waals surface area contributed by atoms with Gasteiger partial charge in [-0.2, -0.15) is 0 Å². The Balaban J connectivity index is 1.13. The number of rotatable bonds is 2. The van der Waals surface area contributed by atoms with E-state index in [0.717, 1.165) is 11.3 Å². The maximum absolute atomic E-state index is 4.73. The van der Waals surface area contributed by atoms with E-state index in [1.165, 1.54) is 88.0 Å². The number of aromatic nitrogens is 3. The van der Waals surface area contributed by atoms with Crippen LogP contribution in [-0.2, 0) is 5.41 Å². The van der Waals surface area contributed by atoms with Gasteiger partial charge in [-0.3, -0.25) is 4.40 Å². The number of benzene rings is 8. The van der Waals surface area contributed by atoms with Gasteiger partial charge in [-0.25, -0.2) is 9.97 Å². The summed E-state index contributed by atoms with van der Waals surface area (Å²) in [6.45, 7) is 0. The zero-order chi connectivity index (χ0) is 34.0. The van der Waals surface area contributed by atoms with Crippen LogP contribution in [0.25, 0.3) is 82.7 Å². The van der Waals surface area contributed by atoms with Crippen LogP contribution in [0.5, 0.6) is 0 Å². The highest BCUT2D eigenvalue weighted by Crippen LogP contribution is 2.66. The van der Waals surface area contributed by atoms with Crippen LogP contribution in [0.2, 0.25) is 0 Å². The Morgan fingerprint density at radius 1 is 0.462 bits per heavy atom. The average Bonchev–Trinajstić information content (AvgIpc) is 3.88. The van der Waals surface area contributed by atoms with E-state index in [9.17, 15) is 0 Å². The Kier molecular flexibility index (Phi) is 5.43. The lowest BCUT2D eigenvalue weighted by molar-refractivity contribution is 0.809. The summed E-state index contributed by atoms with van der Waals surface area (Å²) in [5.41, 5.74) is 14.8. The lowest BCUT2D eigenvalue weighted by Crippen LogP contribution is -2.26. The number of hydrogen-bond donors (Lipinski definition) is 0. The van der Waals surface area contributed by atoms with Crippen molar-refractivity contribution >= 4 is 38.1 Å². The Hall–Kier alpha value is -6.84. The van der Waals surface area contributed by atoms with Gasteiger partial charge < -0.3 is 0 Å². The topological polar surface area (TPSA) is 30.2 Å². The molecule has 0 N–H and O–H groups in total. The Bertz CT molecular complexity index is 3050. The minimum absolute atomic E-state index is 0.465. The number of hydrogen-bond acceptors (Lipinski definition) is 2. The lowest BCUT2D eigenvalue weighted by atomic mass is 9.68. The first-order valence-electron chi connectivity index (χ1n) is 17.9. The molecule has 3 heteroatoms. The van der Waals surface area contributed by atoms with Gasteiger partial charge in [0, 0.05) is 24.2 Å². The fourth-order valence-corrected chi connectivity index (χ4v) is 9.63. The van der Waals surface area contributed by atoms with Crippen molar-refractivity contribution in [2.75, 3.05) is 0 Å². The summed E-state index contributed by atoms with van der Waals surface area (Å²) in [5, 5.41) is 7.79. The molecule has 0 amide bonds. The van der Waals surface area contributed by atoms with Gasteiger partial charge >= 0.3 is 0 Å². The minimum atomic E-state index is -0.465. The molecule has 1 spiro atoms. The minimum Gasteiger partial charge on any atom is -0.291 e. The molecule has 52 heavy (non-hydrogen) atoms. The van der Waals surface area contributed by atoms with Crippen molar-refractivity contribution in [1.82, 2.24) is 14.4 Å². The van der Waals surface area contributed by atoms with Crippen LogP contribution in [0.4, 0.5) is 0 Å².